The number of halogens is 4. The number of thioether (sulfide) groups is 1. The molecule has 3 aromatic rings. The zero-order chi connectivity index (χ0) is 21.5. The molecule has 11 heteroatoms. The summed E-state index contributed by atoms with van der Waals surface area (Å²) in [5, 5.41) is 3.96. The number of nitrogens with zero attached hydrogens (tertiary/aromatic N) is 3. The molecule has 1 aliphatic rings. The van der Waals surface area contributed by atoms with Crippen LogP contribution in [-0.2, 0) is 23.8 Å². The molecule has 3 aromatic heterocycles. The lowest BCUT2D eigenvalue weighted by atomic mass is 9.97. The predicted octanol–water partition coefficient (Wildman–Crippen LogP) is 5.68. The third kappa shape index (κ3) is 4.40. The number of aromatic nitrogens is 3. The SMILES string of the molecule is Cc1nc(SCC(=O)Nc2ncc(C(F)(F)F)cc2Cl)c2c3c(sc2n1)CCCC3. The molecule has 0 radical (unpaired) electrons. The van der Waals surface area contributed by atoms with Crippen LogP contribution in [0.5, 0.6) is 0 Å². The van der Waals surface area contributed by atoms with Gasteiger partial charge in [-0.3, -0.25) is 4.79 Å². The molecule has 5 nitrogen and oxygen atoms in total. The quantitative estimate of drug-likeness (QED) is 0.391. The average Bonchev–Trinajstić information content (AvgIpc) is 3.05. The van der Waals surface area contributed by atoms with Gasteiger partial charge in [-0.2, -0.15) is 13.2 Å². The molecule has 0 unspecified atom stereocenters. The lowest BCUT2D eigenvalue weighted by molar-refractivity contribution is -0.137. The maximum atomic E-state index is 12.7. The molecule has 30 heavy (non-hydrogen) atoms. The number of nitrogens with one attached hydrogen (secondary N) is 1. The minimum absolute atomic E-state index is 0.0230. The number of pyridine rings is 1. The number of hydrogen-bond acceptors (Lipinski definition) is 6. The van der Waals surface area contributed by atoms with E-state index >= 15 is 0 Å². The molecule has 1 N–H and O–H groups in total. The van der Waals surface area contributed by atoms with Gasteiger partial charge in [0.2, 0.25) is 5.91 Å². The molecule has 158 valence electrons. The number of alkyl halides is 3. The Morgan fingerprint density at radius 3 is 2.80 bits per heavy atom. The number of thiophene rings is 1. The lowest BCUT2D eigenvalue weighted by Crippen LogP contribution is -2.16. The van der Waals surface area contributed by atoms with Gasteiger partial charge in [-0.05, 0) is 44.2 Å². The zero-order valence-electron chi connectivity index (χ0n) is 15.8. The summed E-state index contributed by atoms with van der Waals surface area (Å²) in [5.74, 6) is 0.126. The van der Waals surface area contributed by atoms with Gasteiger partial charge in [0.1, 0.15) is 15.7 Å². The van der Waals surface area contributed by atoms with Crippen molar-refractivity contribution in [1.82, 2.24) is 15.0 Å². The molecule has 0 aromatic carbocycles. The van der Waals surface area contributed by atoms with E-state index in [0.717, 1.165) is 47.0 Å². The van der Waals surface area contributed by atoms with Gasteiger partial charge in [0.15, 0.2) is 5.82 Å². The first-order valence-corrected chi connectivity index (χ1v) is 11.3. The van der Waals surface area contributed by atoms with Gasteiger partial charge < -0.3 is 5.32 Å². The molecule has 0 spiro atoms. The van der Waals surface area contributed by atoms with Crippen LogP contribution < -0.4 is 5.32 Å². The maximum absolute atomic E-state index is 12.7. The number of carbonyl (C=O) groups excluding carboxylic acids is 1. The van der Waals surface area contributed by atoms with Gasteiger partial charge >= 0.3 is 6.18 Å². The molecule has 0 fully saturated rings. The fourth-order valence-electron chi connectivity index (χ4n) is 3.32. The van der Waals surface area contributed by atoms with E-state index in [1.807, 2.05) is 6.92 Å². The Morgan fingerprint density at radius 2 is 2.07 bits per heavy atom. The van der Waals surface area contributed by atoms with Crippen molar-refractivity contribution in [3.8, 4) is 0 Å². The second-order valence-electron chi connectivity index (χ2n) is 6.86. The van der Waals surface area contributed by atoms with Crippen LogP contribution in [-0.4, -0.2) is 26.6 Å². The molecule has 4 rings (SSSR count). The van der Waals surface area contributed by atoms with Crippen molar-refractivity contribution in [2.24, 2.45) is 0 Å². The van der Waals surface area contributed by atoms with Crippen molar-refractivity contribution in [3.05, 3.63) is 39.1 Å². The highest BCUT2D eigenvalue weighted by molar-refractivity contribution is 8.00. The van der Waals surface area contributed by atoms with Crippen molar-refractivity contribution in [3.63, 3.8) is 0 Å². The second-order valence-corrected chi connectivity index (χ2v) is 9.31. The van der Waals surface area contributed by atoms with Crippen LogP contribution in [0.2, 0.25) is 5.02 Å². The van der Waals surface area contributed by atoms with Gasteiger partial charge in [-0.1, -0.05) is 23.4 Å². The molecule has 1 aliphatic carbocycles. The Labute approximate surface area is 183 Å². The Bertz CT molecular complexity index is 1130. The third-order valence-corrected chi connectivity index (χ3v) is 7.11. The molecule has 0 saturated carbocycles. The Kier molecular flexibility index (Phi) is 5.91. The van der Waals surface area contributed by atoms with Crippen LogP contribution >= 0.6 is 34.7 Å². The lowest BCUT2D eigenvalue weighted by Gasteiger charge is -2.12. The molecular formula is C19H16ClF3N4OS2. The van der Waals surface area contributed by atoms with E-state index in [1.54, 1.807) is 11.3 Å². The number of rotatable bonds is 4. The summed E-state index contributed by atoms with van der Waals surface area (Å²) in [4.78, 5) is 27.4. The van der Waals surface area contributed by atoms with Gasteiger partial charge in [0.05, 0.1) is 16.3 Å². The van der Waals surface area contributed by atoms with Gasteiger partial charge in [0, 0.05) is 16.5 Å². The Morgan fingerprint density at radius 1 is 1.30 bits per heavy atom. The minimum Gasteiger partial charge on any atom is -0.309 e. The largest absolute Gasteiger partial charge is 0.417 e. The molecular weight excluding hydrogens is 457 g/mol. The maximum Gasteiger partial charge on any atom is 0.417 e. The van der Waals surface area contributed by atoms with Gasteiger partial charge in [0.25, 0.3) is 0 Å². The summed E-state index contributed by atoms with van der Waals surface area (Å²) < 4.78 is 38.2. The van der Waals surface area contributed by atoms with Crippen LogP contribution in [0.3, 0.4) is 0 Å². The van der Waals surface area contributed by atoms with E-state index in [2.05, 4.69) is 20.3 Å². The van der Waals surface area contributed by atoms with E-state index in [9.17, 15) is 18.0 Å². The average molecular weight is 473 g/mol. The van der Waals surface area contributed by atoms with E-state index in [-0.39, 0.29) is 16.6 Å². The summed E-state index contributed by atoms with van der Waals surface area (Å²) in [6.45, 7) is 1.81. The van der Waals surface area contributed by atoms with Crippen LogP contribution in [0.25, 0.3) is 10.2 Å². The molecule has 0 aliphatic heterocycles. The van der Waals surface area contributed by atoms with Crippen molar-refractivity contribution in [2.45, 2.75) is 43.8 Å². The van der Waals surface area contributed by atoms with Crippen molar-refractivity contribution >= 4 is 56.6 Å². The van der Waals surface area contributed by atoms with Gasteiger partial charge in [-0.25, -0.2) is 15.0 Å². The van der Waals surface area contributed by atoms with E-state index < -0.39 is 17.6 Å². The summed E-state index contributed by atoms with van der Waals surface area (Å²) in [6, 6.07) is 0.742. The Hall–Kier alpha value is -1.91. The summed E-state index contributed by atoms with van der Waals surface area (Å²) >= 11 is 8.82. The summed E-state index contributed by atoms with van der Waals surface area (Å²) in [6.07, 6.45) is 0.395. The number of carbonyl (C=O) groups is 1. The van der Waals surface area contributed by atoms with Crippen LogP contribution in [0, 0.1) is 6.92 Å². The second kappa shape index (κ2) is 8.32. The normalized spacial score (nSPS) is 14.0. The number of amides is 1. The van der Waals surface area contributed by atoms with E-state index in [0.29, 0.717) is 12.0 Å². The molecule has 0 atom stereocenters. The van der Waals surface area contributed by atoms with E-state index in [1.165, 1.54) is 22.2 Å². The van der Waals surface area contributed by atoms with Crippen LogP contribution in [0.15, 0.2) is 17.3 Å². The number of aryl methyl sites for hydroxylation is 3. The van der Waals surface area contributed by atoms with Crippen LogP contribution in [0.4, 0.5) is 19.0 Å². The molecule has 3 heterocycles. The topological polar surface area (TPSA) is 67.8 Å². The monoisotopic (exact) mass is 472 g/mol. The summed E-state index contributed by atoms with van der Waals surface area (Å²) in [5.41, 5.74) is 0.303. The smallest absolute Gasteiger partial charge is 0.309 e. The first-order valence-electron chi connectivity index (χ1n) is 9.16. The van der Waals surface area contributed by atoms with E-state index in [4.69, 9.17) is 11.6 Å². The fraction of sp³-hybridized carbons (Fsp3) is 0.368. The molecule has 0 bridgehead atoms. The standard InChI is InChI=1S/C19H16ClF3N4OS2/c1-9-25-17(15-11-4-2-3-5-13(11)30-18(15)26-9)29-8-14(28)27-16-12(20)6-10(7-24-16)19(21,22)23/h6-7H,2-5,8H2,1H3,(H,24,27,28). The van der Waals surface area contributed by atoms with Gasteiger partial charge in [-0.15, -0.1) is 11.3 Å². The number of anilines is 1. The van der Waals surface area contributed by atoms with Crippen LogP contribution in [0.1, 0.15) is 34.7 Å². The molecule has 0 saturated heterocycles. The Balaban J connectivity index is 1.51. The van der Waals surface area contributed by atoms with Crippen molar-refractivity contribution in [2.75, 3.05) is 11.1 Å². The fourth-order valence-corrected chi connectivity index (χ4v) is 5.80. The third-order valence-electron chi connectivity index (χ3n) is 4.66. The number of hydrogen-bond donors (Lipinski definition) is 1. The predicted molar refractivity (Wildman–Crippen MR) is 112 cm³/mol. The first-order chi connectivity index (χ1) is 14.2. The highest BCUT2D eigenvalue weighted by Gasteiger charge is 2.31. The molecule has 1 amide bonds. The highest BCUT2D eigenvalue weighted by Crippen LogP contribution is 2.39. The van der Waals surface area contributed by atoms with Crippen molar-refractivity contribution < 1.29 is 18.0 Å². The summed E-state index contributed by atoms with van der Waals surface area (Å²) in [7, 11) is 0. The highest BCUT2D eigenvalue weighted by atomic mass is 35.5. The first kappa shape index (κ1) is 21.3. The minimum atomic E-state index is -4.55. The van der Waals surface area contributed by atoms with Crippen molar-refractivity contribution in [1.29, 1.82) is 0 Å². The zero-order valence-corrected chi connectivity index (χ0v) is 18.2. The number of fused-ring (bicyclic) bond motifs is 3.